The van der Waals surface area contributed by atoms with Crippen LogP contribution < -0.4 is 9.47 Å². The Morgan fingerprint density at radius 1 is 1.11 bits per heavy atom. The zero-order chi connectivity index (χ0) is 26.3. The number of ether oxygens (including phenoxy) is 3. The molecule has 196 valence electrons. The van der Waals surface area contributed by atoms with Gasteiger partial charge in [-0.25, -0.2) is 0 Å². The summed E-state index contributed by atoms with van der Waals surface area (Å²) in [6.45, 7) is 2.43. The lowest BCUT2D eigenvalue weighted by atomic mass is 9.70. The van der Waals surface area contributed by atoms with Gasteiger partial charge in [-0.15, -0.1) is 0 Å². The van der Waals surface area contributed by atoms with E-state index in [0.717, 1.165) is 10.0 Å². The number of likely N-dealkylation sites (tertiary alicyclic amines) is 1. The summed E-state index contributed by atoms with van der Waals surface area (Å²) in [5, 5.41) is 25.0. The van der Waals surface area contributed by atoms with Crippen LogP contribution in [0, 0.1) is 11.3 Å². The molecule has 3 aliphatic heterocycles. The number of rotatable bonds is 4. The smallest absolute Gasteiger partial charge is 0.229 e. The maximum Gasteiger partial charge on any atom is 0.229 e. The molecule has 3 fully saturated rings. The van der Waals surface area contributed by atoms with Crippen LogP contribution in [0.3, 0.4) is 0 Å². The van der Waals surface area contributed by atoms with Crippen LogP contribution in [0.25, 0.3) is 0 Å². The van der Waals surface area contributed by atoms with Crippen LogP contribution in [-0.4, -0.2) is 65.5 Å². The summed E-state index contributed by atoms with van der Waals surface area (Å²) >= 11 is 3.50. The van der Waals surface area contributed by atoms with Crippen molar-refractivity contribution in [1.29, 1.82) is 0 Å². The third-order valence-electron chi connectivity index (χ3n) is 8.78. The average molecular weight is 579 g/mol. The van der Waals surface area contributed by atoms with Crippen LogP contribution in [0.2, 0.25) is 0 Å². The molecule has 3 aromatic rings. The van der Waals surface area contributed by atoms with Crippen LogP contribution in [0.4, 0.5) is 0 Å². The van der Waals surface area contributed by atoms with Crippen molar-refractivity contribution < 1.29 is 29.2 Å². The largest absolute Gasteiger partial charge is 0.495 e. The van der Waals surface area contributed by atoms with Gasteiger partial charge in [-0.1, -0.05) is 58.4 Å². The van der Waals surface area contributed by atoms with E-state index in [0.29, 0.717) is 43.2 Å². The second kappa shape index (κ2) is 8.26. The summed E-state index contributed by atoms with van der Waals surface area (Å²) in [6, 6.07) is 17.0. The second-order valence-corrected chi connectivity index (χ2v) is 11.8. The minimum absolute atomic E-state index is 0.00954. The third-order valence-corrected chi connectivity index (χ3v) is 9.31. The van der Waals surface area contributed by atoms with Gasteiger partial charge in [0, 0.05) is 23.5 Å². The maximum atomic E-state index is 14.2. The van der Waals surface area contributed by atoms with E-state index < -0.39 is 29.1 Å². The van der Waals surface area contributed by atoms with E-state index in [1.165, 1.54) is 19.5 Å². The van der Waals surface area contributed by atoms with Crippen molar-refractivity contribution in [3.8, 4) is 11.5 Å². The van der Waals surface area contributed by atoms with E-state index in [4.69, 9.17) is 14.2 Å². The van der Waals surface area contributed by atoms with Gasteiger partial charge in [0.25, 0.3) is 0 Å². The van der Waals surface area contributed by atoms with Crippen LogP contribution in [-0.2, 0) is 20.7 Å². The molecular weight excluding hydrogens is 552 g/mol. The average Bonchev–Trinajstić information content (AvgIpc) is 3.26. The summed E-state index contributed by atoms with van der Waals surface area (Å²) < 4.78 is 18.6. The molecular formula is C29H27BrN2O6. The Labute approximate surface area is 228 Å². The number of halogens is 1. The molecule has 9 heteroatoms. The predicted molar refractivity (Wildman–Crippen MR) is 140 cm³/mol. The molecule has 0 radical (unpaired) electrons. The van der Waals surface area contributed by atoms with E-state index in [1.807, 2.05) is 54.6 Å². The van der Waals surface area contributed by atoms with Crippen molar-refractivity contribution in [3.63, 3.8) is 0 Å². The first kappa shape index (κ1) is 24.1. The number of carbonyl (C=O) groups is 1. The molecule has 4 heterocycles. The minimum Gasteiger partial charge on any atom is -0.495 e. The number of amides is 1. The first-order valence-corrected chi connectivity index (χ1v) is 13.4. The topological polar surface area (TPSA) is 101 Å². The van der Waals surface area contributed by atoms with Crippen LogP contribution in [0.1, 0.15) is 22.6 Å². The van der Waals surface area contributed by atoms with Crippen molar-refractivity contribution in [3.05, 3.63) is 88.2 Å². The Morgan fingerprint density at radius 2 is 1.82 bits per heavy atom. The molecule has 1 aliphatic carbocycles. The fourth-order valence-corrected chi connectivity index (χ4v) is 7.33. The van der Waals surface area contributed by atoms with E-state index in [9.17, 15) is 15.0 Å². The highest BCUT2D eigenvalue weighted by molar-refractivity contribution is 9.10. The number of aliphatic hydroxyl groups is 2. The highest BCUT2D eigenvalue weighted by atomic mass is 79.9. The molecule has 1 saturated carbocycles. The van der Waals surface area contributed by atoms with Crippen molar-refractivity contribution in [1.82, 2.24) is 9.88 Å². The Bertz CT molecular complexity index is 1410. The normalized spacial score (nSPS) is 32.1. The highest BCUT2D eigenvalue weighted by Gasteiger charge is 2.78. The van der Waals surface area contributed by atoms with Gasteiger partial charge >= 0.3 is 0 Å². The van der Waals surface area contributed by atoms with E-state index in [2.05, 4.69) is 20.9 Å². The third kappa shape index (κ3) is 2.96. The van der Waals surface area contributed by atoms with Crippen molar-refractivity contribution in [2.45, 2.75) is 23.2 Å². The summed E-state index contributed by atoms with van der Waals surface area (Å²) in [6.07, 6.45) is 1.53. The van der Waals surface area contributed by atoms with Gasteiger partial charge < -0.3 is 29.3 Å². The van der Waals surface area contributed by atoms with Crippen LogP contribution >= 0.6 is 15.9 Å². The Hall–Kier alpha value is -2.98. The number of aromatic nitrogens is 1. The lowest BCUT2D eigenvalue weighted by Crippen LogP contribution is -2.68. The van der Waals surface area contributed by atoms with Gasteiger partial charge in [-0.2, -0.15) is 0 Å². The first-order chi connectivity index (χ1) is 18.3. The summed E-state index contributed by atoms with van der Waals surface area (Å²) in [7, 11) is 1.49. The molecule has 8 nitrogen and oxygen atoms in total. The second-order valence-electron chi connectivity index (χ2n) is 10.9. The summed E-state index contributed by atoms with van der Waals surface area (Å²) in [4.78, 5) is 20.2. The number of hydrogen-bond acceptors (Lipinski definition) is 7. The molecule has 0 unspecified atom stereocenters. The quantitative estimate of drug-likeness (QED) is 0.491. The fraction of sp³-hybridized carbons (Fsp3) is 0.379. The van der Waals surface area contributed by atoms with Gasteiger partial charge in [0.2, 0.25) is 5.91 Å². The molecule has 1 spiro atoms. The molecule has 38 heavy (non-hydrogen) atoms. The number of benzene rings is 2. The lowest BCUT2D eigenvalue weighted by molar-refractivity contribution is -0.200. The Balaban J connectivity index is 1.46. The minimum atomic E-state index is -2.01. The number of fused-ring (bicyclic) bond motifs is 3. The zero-order valence-electron chi connectivity index (χ0n) is 20.7. The van der Waals surface area contributed by atoms with E-state index in [-0.39, 0.29) is 17.1 Å². The maximum absolute atomic E-state index is 14.2. The van der Waals surface area contributed by atoms with E-state index >= 15 is 0 Å². The molecule has 7 rings (SSSR count). The van der Waals surface area contributed by atoms with Gasteiger partial charge in [0.05, 0.1) is 49.6 Å². The van der Waals surface area contributed by atoms with Crippen LogP contribution in [0.15, 0.2) is 71.5 Å². The standard InChI is InChI=1S/C29H27BrN2O6/c1-36-20-11-31-12-21-24(20)28(35)25(33)22(26(34)32-13-27(14-32)15-37-16-27)23(17-5-3-2-4-6-17)29(28,38-21)18-7-9-19(30)10-8-18/h2-12,22-23,25,33,35H,13-16H2,1H3/t22-,23-,25-,28+,29+/m1/s1. The number of hydrogen-bond donors (Lipinski definition) is 2. The number of pyridine rings is 1. The fourth-order valence-electron chi connectivity index (χ4n) is 7.07. The lowest BCUT2D eigenvalue weighted by Gasteiger charge is -2.55. The highest BCUT2D eigenvalue weighted by Crippen LogP contribution is 2.70. The number of nitrogens with zero attached hydrogens (tertiary/aromatic N) is 2. The molecule has 2 saturated heterocycles. The summed E-state index contributed by atoms with van der Waals surface area (Å²) in [5.41, 5.74) is -1.81. The summed E-state index contributed by atoms with van der Waals surface area (Å²) in [5.74, 6) is -1.30. The number of carbonyl (C=O) groups excluding carboxylic acids is 1. The number of aliphatic hydroxyl groups excluding tert-OH is 1. The van der Waals surface area contributed by atoms with Gasteiger partial charge in [-0.05, 0) is 23.3 Å². The SMILES string of the molecule is COc1cncc2c1[C@]1(O)[C@H](O)[C@H](C(=O)N3CC4(COC4)C3)[C@@H](c3ccccc3)[C@]1(c1ccc(Br)cc1)O2. The molecule has 2 aromatic carbocycles. The van der Waals surface area contributed by atoms with Crippen LogP contribution in [0.5, 0.6) is 11.5 Å². The van der Waals surface area contributed by atoms with Crippen molar-refractivity contribution in [2.75, 3.05) is 33.4 Å². The van der Waals surface area contributed by atoms with Gasteiger partial charge in [-0.3, -0.25) is 9.78 Å². The molecule has 4 aliphatic rings. The monoisotopic (exact) mass is 578 g/mol. The Kier molecular flexibility index (Phi) is 5.23. The van der Waals surface area contributed by atoms with Gasteiger partial charge in [0.15, 0.2) is 11.2 Å². The van der Waals surface area contributed by atoms with Crippen molar-refractivity contribution in [2.24, 2.45) is 11.3 Å². The predicted octanol–water partition coefficient (Wildman–Crippen LogP) is 2.96. The molecule has 5 atom stereocenters. The first-order valence-electron chi connectivity index (χ1n) is 12.6. The van der Waals surface area contributed by atoms with Crippen molar-refractivity contribution >= 4 is 21.8 Å². The van der Waals surface area contributed by atoms with Gasteiger partial charge in [0.1, 0.15) is 17.6 Å². The molecule has 2 N–H and O–H groups in total. The zero-order valence-corrected chi connectivity index (χ0v) is 22.3. The molecule has 1 aromatic heterocycles. The van der Waals surface area contributed by atoms with E-state index in [1.54, 1.807) is 4.90 Å². The molecule has 1 amide bonds. The molecule has 0 bridgehead atoms. The Morgan fingerprint density at radius 3 is 2.45 bits per heavy atom. The number of methoxy groups -OCH3 is 1.